The third-order valence-electron chi connectivity index (χ3n) is 4.92. The van der Waals surface area contributed by atoms with Crippen LogP contribution < -0.4 is 20.7 Å². The third kappa shape index (κ3) is 4.81. The van der Waals surface area contributed by atoms with Crippen LogP contribution in [-0.4, -0.2) is 37.2 Å². The van der Waals surface area contributed by atoms with Crippen molar-refractivity contribution >= 4 is 17.1 Å². The summed E-state index contributed by atoms with van der Waals surface area (Å²) in [7, 11) is 5.81. The molecule has 6 heteroatoms. The summed E-state index contributed by atoms with van der Waals surface area (Å²) in [5.74, 6) is 1.44. The number of nitrogens with one attached hydrogen (secondary N) is 3. The molecule has 0 unspecified atom stereocenters. The maximum Gasteiger partial charge on any atom is 0.220 e. The molecule has 27 heavy (non-hydrogen) atoms. The molecule has 1 heterocycles. The Morgan fingerprint density at radius 1 is 0.926 bits per heavy atom. The van der Waals surface area contributed by atoms with Crippen LogP contribution in [-0.2, 0) is 6.42 Å². The molecule has 6 nitrogen and oxygen atoms in total. The monoisotopic (exact) mass is 371 g/mol. The van der Waals surface area contributed by atoms with Crippen LogP contribution in [0.5, 0.6) is 5.88 Å². The Morgan fingerprint density at radius 3 is 2.00 bits per heavy atom. The number of aromatic nitrogens is 2. The van der Waals surface area contributed by atoms with Gasteiger partial charge in [0.05, 0.1) is 11.8 Å². The second-order valence-electron chi connectivity index (χ2n) is 6.68. The van der Waals surface area contributed by atoms with Crippen molar-refractivity contribution in [3.8, 4) is 5.88 Å². The number of nitrogens with zero attached hydrogens (tertiary/aromatic N) is 2. The van der Waals surface area contributed by atoms with Gasteiger partial charge >= 0.3 is 0 Å². The van der Waals surface area contributed by atoms with E-state index < -0.39 is 0 Å². The van der Waals surface area contributed by atoms with Gasteiger partial charge in [0.2, 0.25) is 5.88 Å². The van der Waals surface area contributed by atoms with Crippen molar-refractivity contribution in [2.45, 2.75) is 53.1 Å². The Kier molecular flexibility index (Phi) is 7.28. The molecular formula is C21H33N5O. The topological polar surface area (TPSA) is 71.1 Å². The highest BCUT2D eigenvalue weighted by Crippen LogP contribution is 2.32. The first-order valence-electron chi connectivity index (χ1n) is 9.68. The lowest BCUT2D eigenvalue weighted by Gasteiger charge is -2.20. The van der Waals surface area contributed by atoms with Crippen LogP contribution in [0.1, 0.15) is 49.3 Å². The van der Waals surface area contributed by atoms with Gasteiger partial charge in [-0.05, 0) is 38.8 Å². The van der Waals surface area contributed by atoms with Crippen LogP contribution in [0.3, 0.4) is 0 Å². The quantitative estimate of drug-likeness (QED) is 0.608. The first kappa shape index (κ1) is 20.8. The molecule has 0 aliphatic rings. The number of rotatable bonds is 9. The van der Waals surface area contributed by atoms with Gasteiger partial charge in [-0.15, -0.1) is 0 Å². The molecule has 148 valence electrons. The summed E-state index contributed by atoms with van der Waals surface area (Å²) < 4.78 is 6.16. The lowest BCUT2D eigenvalue weighted by atomic mass is 10.0. The molecule has 0 saturated carbocycles. The van der Waals surface area contributed by atoms with E-state index in [1.807, 2.05) is 35.0 Å². The SMILES string of the molecule is CCC(CC)Oc1nc(C)nc(Cc2c(NC)cc(NC)cc2NC)c1C. The average Bonchev–Trinajstić information content (AvgIpc) is 2.68. The molecule has 2 aromatic rings. The Morgan fingerprint density at radius 2 is 1.52 bits per heavy atom. The minimum atomic E-state index is 0.182. The van der Waals surface area contributed by atoms with Crippen LogP contribution in [0.4, 0.5) is 17.1 Å². The molecule has 2 rings (SSSR count). The van der Waals surface area contributed by atoms with Gasteiger partial charge in [-0.2, -0.15) is 4.98 Å². The van der Waals surface area contributed by atoms with Crippen LogP contribution in [0, 0.1) is 13.8 Å². The molecule has 0 saturated heterocycles. The van der Waals surface area contributed by atoms with E-state index in [0.29, 0.717) is 12.3 Å². The molecule has 0 atom stereocenters. The van der Waals surface area contributed by atoms with E-state index in [2.05, 4.69) is 46.9 Å². The lowest BCUT2D eigenvalue weighted by molar-refractivity contribution is 0.182. The van der Waals surface area contributed by atoms with Crippen molar-refractivity contribution in [2.75, 3.05) is 37.1 Å². The first-order valence-corrected chi connectivity index (χ1v) is 9.68. The van der Waals surface area contributed by atoms with Crippen molar-refractivity contribution in [2.24, 2.45) is 0 Å². The zero-order valence-electron chi connectivity index (χ0n) is 17.7. The van der Waals surface area contributed by atoms with Crippen molar-refractivity contribution in [1.29, 1.82) is 0 Å². The number of ether oxygens (including phenoxy) is 1. The van der Waals surface area contributed by atoms with E-state index in [-0.39, 0.29) is 6.10 Å². The Balaban J connectivity index is 2.47. The number of hydrogen-bond acceptors (Lipinski definition) is 6. The van der Waals surface area contributed by atoms with Crippen LogP contribution >= 0.6 is 0 Å². The van der Waals surface area contributed by atoms with Crippen LogP contribution in [0.25, 0.3) is 0 Å². The predicted octanol–water partition coefficient (Wildman–Crippen LogP) is 4.38. The summed E-state index contributed by atoms with van der Waals surface area (Å²) in [6.45, 7) is 8.25. The molecule has 1 aromatic carbocycles. The fraction of sp³-hybridized carbons (Fsp3) is 0.524. The van der Waals surface area contributed by atoms with E-state index >= 15 is 0 Å². The van der Waals surface area contributed by atoms with E-state index in [9.17, 15) is 0 Å². The summed E-state index contributed by atoms with van der Waals surface area (Å²) in [6, 6.07) is 4.22. The standard InChI is InChI=1S/C21H33N5O/c1-8-16(9-2)27-21-13(3)18(25-14(4)26-21)12-17-19(23-6)10-15(22-5)11-20(17)24-7/h10-11,16,22-24H,8-9,12H2,1-7H3. The Hall–Kier alpha value is -2.50. The molecule has 0 bridgehead atoms. The van der Waals surface area contributed by atoms with E-state index in [1.54, 1.807) is 0 Å². The fourth-order valence-electron chi connectivity index (χ4n) is 3.18. The largest absolute Gasteiger partial charge is 0.474 e. The lowest BCUT2D eigenvalue weighted by Crippen LogP contribution is -2.17. The minimum absolute atomic E-state index is 0.182. The average molecular weight is 372 g/mol. The predicted molar refractivity (Wildman–Crippen MR) is 114 cm³/mol. The Labute approximate surface area is 163 Å². The maximum absolute atomic E-state index is 6.16. The van der Waals surface area contributed by atoms with E-state index in [4.69, 9.17) is 9.72 Å². The highest BCUT2D eigenvalue weighted by molar-refractivity contribution is 5.73. The first-order chi connectivity index (χ1) is 13.0. The van der Waals surface area contributed by atoms with Crippen molar-refractivity contribution in [1.82, 2.24) is 9.97 Å². The highest BCUT2D eigenvalue weighted by Gasteiger charge is 2.17. The van der Waals surface area contributed by atoms with Gasteiger partial charge in [-0.1, -0.05) is 13.8 Å². The second-order valence-corrected chi connectivity index (χ2v) is 6.68. The molecular weight excluding hydrogens is 338 g/mol. The van der Waals surface area contributed by atoms with Crippen molar-refractivity contribution in [3.05, 3.63) is 34.8 Å². The van der Waals surface area contributed by atoms with Gasteiger partial charge in [-0.25, -0.2) is 4.98 Å². The smallest absolute Gasteiger partial charge is 0.220 e. The molecule has 1 aromatic heterocycles. The third-order valence-corrected chi connectivity index (χ3v) is 4.92. The minimum Gasteiger partial charge on any atom is -0.474 e. The van der Waals surface area contributed by atoms with Crippen LogP contribution in [0.2, 0.25) is 0 Å². The van der Waals surface area contributed by atoms with Crippen LogP contribution in [0.15, 0.2) is 12.1 Å². The Bertz CT molecular complexity index is 746. The molecule has 0 aliphatic heterocycles. The van der Waals surface area contributed by atoms with Gasteiger partial charge in [-0.3, -0.25) is 0 Å². The summed E-state index contributed by atoms with van der Waals surface area (Å²) >= 11 is 0. The summed E-state index contributed by atoms with van der Waals surface area (Å²) in [5.41, 5.74) is 6.38. The zero-order valence-corrected chi connectivity index (χ0v) is 17.7. The molecule has 0 radical (unpaired) electrons. The number of anilines is 3. The molecule has 0 fully saturated rings. The number of aryl methyl sites for hydroxylation is 1. The summed E-state index contributed by atoms with van der Waals surface area (Å²) in [6.07, 6.45) is 2.81. The highest BCUT2D eigenvalue weighted by atomic mass is 16.5. The molecule has 0 aliphatic carbocycles. The molecule has 0 spiro atoms. The molecule has 0 amide bonds. The zero-order chi connectivity index (χ0) is 20.0. The summed E-state index contributed by atoms with van der Waals surface area (Å²) in [4.78, 5) is 9.27. The second kappa shape index (κ2) is 9.44. The molecule has 3 N–H and O–H groups in total. The normalized spacial score (nSPS) is 10.8. The fourth-order valence-corrected chi connectivity index (χ4v) is 3.18. The van der Waals surface area contributed by atoms with Crippen molar-refractivity contribution in [3.63, 3.8) is 0 Å². The van der Waals surface area contributed by atoms with E-state index in [1.165, 1.54) is 5.56 Å². The van der Waals surface area contributed by atoms with Gasteiger partial charge in [0.25, 0.3) is 0 Å². The summed E-state index contributed by atoms with van der Waals surface area (Å²) in [5, 5.41) is 9.83. The van der Waals surface area contributed by atoms with Gasteiger partial charge < -0.3 is 20.7 Å². The van der Waals surface area contributed by atoms with Crippen molar-refractivity contribution < 1.29 is 4.74 Å². The number of hydrogen-bond donors (Lipinski definition) is 3. The van der Waals surface area contributed by atoms with Gasteiger partial charge in [0, 0.05) is 55.8 Å². The van der Waals surface area contributed by atoms with Gasteiger partial charge in [0.15, 0.2) is 0 Å². The van der Waals surface area contributed by atoms with Gasteiger partial charge in [0.1, 0.15) is 5.82 Å². The number of benzene rings is 1. The maximum atomic E-state index is 6.16. The van der Waals surface area contributed by atoms with E-state index in [0.717, 1.165) is 47.0 Å².